The molecule has 1 aromatic heterocycles. The normalized spacial score (nSPS) is 19.2. The van der Waals surface area contributed by atoms with Crippen molar-refractivity contribution in [2.45, 2.75) is 19.4 Å². The van der Waals surface area contributed by atoms with E-state index in [1.807, 2.05) is 11.8 Å². The molecular weight excluding hydrogens is 250 g/mol. The number of nitrogens with zero attached hydrogens (tertiary/aromatic N) is 3. The van der Waals surface area contributed by atoms with E-state index in [4.69, 9.17) is 14.6 Å². The lowest BCUT2D eigenvalue weighted by Crippen LogP contribution is -2.46. The fourth-order valence-electron chi connectivity index (χ4n) is 1.77. The zero-order chi connectivity index (χ0) is 13.7. The van der Waals surface area contributed by atoms with Gasteiger partial charge in [-0.1, -0.05) is 6.92 Å². The van der Waals surface area contributed by atoms with Crippen molar-refractivity contribution in [2.24, 2.45) is 0 Å². The first-order chi connectivity index (χ1) is 9.20. The Balaban J connectivity index is 2.06. The third-order valence-corrected chi connectivity index (χ3v) is 2.72. The van der Waals surface area contributed by atoms with Crippen LogP contribution in [0.15, 0.2) is 12.4 Å². The Morgan fingerprint density at radius 3 is 3.21 bits per heavy atom. The molecule has 1 aliphatic heterocycles. The second-order valence-electron chi connectivity index (χ2n) is 4.21. The van der Waals surface area contributed by atoms with Gasteiger partial charge < -0.3 is 19.5 Å². The number of carboxylic acids is 1. The average Bonchev–Trinajstić information content (AvgIpc) is 2.45. The Bertz CT molecular complexity index is 441. The topological polar surface area (TPSA) is 84.8 Å². The Morgan fingerprint density at radius 1 is 1.63 bits per heavy atom. The Kier molecular flexibility index (Phi) is 4.51. The van der Waals surface area contributed by atoms with Crippen molar-refractivity contribution < 1.29 is 19.4 Å². The molecule has 1 unspecified atom stereocenters. The summed E-state index contributed by atoms with van der Waals surface area (Å²) in [6.45, 7) is 3.81. The van der Waals surface area contributed by atoms with Crippen molar-refractivity contribution in [1.29, 1.82) is 0 Å². The summed E-state index contributed by atoms with van der Waals surface area (Å²) in [4.78, 5) is 21.2. The van der Waals surface area contributed by atoms with Gasteiger partial charge in [0.2, 0.25) is 5.88 Å². The molecule has 1 N–H and O–H groups in total. The Labute approximate surface area is 111 Å². The number of aromatic nitrogens is 2. The average molecular weight is 267 g/mol. The standard InChI is InChI=1S/C12H17N3O4/c1-2-4-19-11-7-13-6-10(14-11)15-3-5-18-9(8-15)12(16)17/h6-7,9H,2-5,8H2,1H3,(H,16,17). The lowest BCUT2D eigenvalue weighted by atomic mass is 10.3. The van der Waals surface area contributed by atoms with E-state index in [9.17, 15) is 4.79 Å². The number of aliphatic carboxylic acids is 1. The SMILES string of the molecule is CCCOc1cncc(N2CCOC(C(=O)O)C2)n1. The minimum atomic E-state index is -0.962. The number of ether oxygens (including phenoxy) is 2. The van der Waals surface area contributed by atoms with Crippen LogP contribution < -0.4 is 9.64 Å². The summed E-state index contributed by atoms with van der Waals surface area (Å²) in [7, 11) is 0. The maximum absolute atomic E-state index is 10.9. The number of hydrogen-bond donors (Lipinski definition) is 1. The maximum Gasteiger partial charge on any atom is 0.334 e. The quantitative estimate of drug-likeness (QED) is 0.834. The van der Waals surface area contributed by atoms with Gasteiger partial charge in [0.15, 0.2) is 11.9 Å². The van der Waals surface area contributed by atoms with E-state index in [2.05, 4.69) is 9.97 Å². The first-order valence-electron chi connectivity index (χ1n) is 6.25. The van der Waals surface area contributed by atoms with Crippen LogP contribution in [0.2, 0.25) is 0 Å². The van der Waals surface area contributed by atoms with Crippen LogP contribution in [0.1, 0.15) is 13.3 Å². The molecule has 1 aromatic rings. The molecule has 7 heteroatoms. The molecule has 2 rings (SSSR count). The molecule has 1 fully saturated rings. The molecule has 0 amide bonds. The monoisotopic (exact) mass is 267 g/mol. The van der Waals surface area contributed by atoms with E-state index < -0.39 is 12.1 Å². The lowest BCUT2D eigenvalue weighted by molar-refractivity contribution is -0.150. The summed E-state index contributed by atoms with van der Waals surface area (Å²) >= 11 is 0. The number of carbonyl (C=O) groups is 1. The first kappa shape index (κ1) is 13.5. The third kappa shape index (κ3) is 3.54. The highest BCUT2D eigenvalue weighted by Gasteiger charge is 2.27. The number of carboxylic acid groups (broad SMARTS) is 1. The van der Waals surface area contributed by atoms with Gasteiger partial charge in [-0.25, -0.2) is 4.79 Å². The van der Waals surface area contributed by atoms with Gasteiger partial charge in [-0.15, -0.1) is 0 Å². The molecule has 0 bridgehead atoms. The van der Waals surface area contributed by atoms with Crippen LogP contribution in [0.5, 0.6) is 5.88 Å². The van der Waals surface area contributed by atoms with Crippen LogP contribution in [-0.4, -0.2) is 53.5 Å². The smallest absolute Gasteiger partial charge is 0.334 e. The van der Waals surface area contributed by atoms with Gasteiger partial charge in [0, 0.05) is 6.54 Å². The van der Waals surface area contributed by atoms with Crippen LogP contribution in [0.4, 0.5) is 5.82 Å². The summed E-state index contributed by atoms with van der Waals surface area (Å²) in [5.41, 5.74) is 0. The highest BCUT2D eigenvalue weighted by molar-refractivity contribution is 5.73. The number of hydrogen-bond acceptors (Lipinski definition) is 6. The second-order valence-corrected chi connectivity index (χ2v) is 4.21. The maximum atomic E-state index is 10.9. The lowest BCUT2D eigenvalue weighted by Gasteiger charge is -2.31. The molecule has 0 saturated carbocycles. The van der Waals surface area contributed by atoms with Crippen molar-refractivity contribution in [2.75, 3.05) is 31.2 Å². The highest BCUT2D eigenvalue weighted by atomic mass is 16.5. The molecule has 104 valence electrons. The van der Waals surface area contributed by atoms with E-state index in [1.165, 1.54) is 0 Å². The largest absolute Gasteiger partial charge is 0.479 e. The van der Waals surface area contributed by atoms with Crippen LogP contribution in [0, 0.1) is 0 Å². The molecule has 2 heterocycles. The van der Waals surface area contributed by atoms with Crippen LogP contribution >= 0.6 is 0 Å². The van der Waals surface area contributed by atoms with Gasteiger partial charge in [-0.05, 0) is 6.42 Å². The van der Waals surface area contributed by atoms with Crippen molar-refractivity contribution in [3.05, 3.63) is 12.4 Å². The van der Waals surface area contributed by atoms with Crippen LogP contribution in [-0.2, 0) is 9.53 Å². The van der Waals surface area contributed by atoms with Gasteiger partial charge in [0.05, 0.1) is 32.2 Å². The Hall–Kier alpha value is -1.89. The van der Waals surface area contributed by atoms with E-state index in [0.29, 0.717) is 31.5 Å². The molecular formula is C12H17N3O4. The molecule has 0 spiro atoms. The van der Waals surface area contributed by atoms with Crippen LogP contribution in [0.25, 0.3) is 0 Å². The Morgan fingerprint density at radius 2 is 2.47 bits per heavy atom. The van der Waals surface area contributed by atoms with E-state index in [1.54, 1.807) is 12.4 Å². The van der Waals surface area contributed by atoms with E-state index in [-0.39, 0.29) is 6.54 Å². The van der Waals surface area contributed by atoms with Crippen molar-refractivity contribution in [1.82, 2.24) is 9.97 Å². The van der Waals surface area contributed by atoms with Crippen molar-refractivity contribution in [3.8, 4) is 5.88 Å². The minimum Gasteiger partial charge on any atom is -0.479 e. The van der Waals surface area contributed by atoms with Gasteiger partial charge in [-0.2, -0.15) is 4.98 Å². The van der Waals surface area contributed by atoms with Gasteiger partial charge >= 0.3 is 5.97 Å². The second kappa shape index (κ2) is 6.33. The number of rotatable bonds is 5. The summed E-state index contributed by atoms with van der Waals surface area (Å²) < 4.78 is 10.6. The fourth-order valence-corrected chi connectivity index (χ4v) is 1.77. The molecule has 0 aromatic carbocycles. The highest BCUT2D eigenvalue weighted by Crippen LogP contribution is 2.17. The van der Waals surface area contributed by atoms with E-state index >= 15 is 0 Å². The first-order valence-corrected chi connectivity index (χ1v) is 6.25. The molecule has 1 aliphatic rings. The zero-order valence-corrected chi connectivity index (χ0v) is 10.8. The fraction of sp³-hybridized carbons (Fsp3) is 0.583. The minimum absolute atomic E-state index is 0.265. The summed E-state index contributed by atoms with van der Waals surface area (Å²) in [6, 6.07) is 0. The number of morpholine rings is 1. The zero-order valence-electron chi connectivity index (χ0n) is 10.8. The van der Waals surface area contributed by atoms with Crippen molar-refractivity contribution in [3.63, 3.8) is 0 Å². The molecule has 7 nitrogen and oxygen atoms in total. The molecule has 0 radical (unpaired) electrons. The van der Waals surface area contributed by atoms with Gasteiger partial charge in [0.25, 0.3) is 0 Å². The molecule has 19 heavy (non-hydrogen) atoms. The van der Waals surface area contributed by atoms with Gasteiger partial charge in [0.1, 0.15) is 0 Å². The number of anilines is 1. The van der Waals surface area contributed by atoms with Crippen molar-refractivity contribution >= 4 is 11.8 Å². The summed E-state index contributed by atoms with van der Waals surface area (Å²) in [6.07, 6.45) is 3.22. The van der Waals surface area contributed by atoms with Gasteiger partial charge in [-0.3, -0.25) is 4.98 Å². The molecule has 1 atom stereocenters. The predicted octanol–water partition coefficient (Wildman–Crippen LogP) is 0.555. The predicted molar refractivity (Wildman–Crippen MR) is 67.4 cm³/mol. The van der Waals surface area contributed by atoms with Crippen LogP contribution in [0.3, 0.4) is 0 Å². The molecule has 1 saturated heterocycles. The third-order valence-electron chi connectivity index (χ3n) is 2.72. The summed E-state index contributed by atoms with van der Waals surface area (Å²) in [5, 5.41) is 8.96. The molecule has 0 aliphatic carbocycles. The van der Waals surface area contributed by atoms with E-state index in [0.717, 1.165) is 6.42 Å². The summed E-state index contributed by atoms with van der Waals surface area (Å²) in [5.74, 6) is 0.108.